The van der Waals surface area contributed by atoms with Crippen LogP contribution in [0, 0.1) is 0 Å². The van der Waals surface area contributed by atoms with Crippen LogP contribution in [-0.2, 0) is 13.0 Å². The van der Waals surface area contributed by atoms with Gasteiger partial charge in [-0.3, -0.25) is 9.88 Å². The molecule has 0 radical (unpaired) electrons. The molecule has 0 aliphatic heterocycles. The van der Waals surface area contributed by atoms with Crippen LogP contribution in [0.25, 0.3) is 11.5 Å². The lowest BCUT2D eigenvalue weighted by Gasteiger charge is -2.13. The summed E-state index contributed by atoms with van der Waals surface area (Å²) in [5.41, 5.74) is 2.13. The van der Waals surface area contributed by atoms with Crippen molar-refractivity contribution < 1.29 is 4.42 Å². The molecule has 0 saturated heterocycles. The molecule has 0 aliphatic rings. The summed E-state index contributed by atoms with van der Waals surface area (Å²) in [6, 6.07) is 11.4. The molecule has 0 bridgehead atoms. The smallest absolute Gasteiger partial charge is 0.247 e. The second kappa shape index (κ2) is 7.35. The lowest BCUT2D eigenvalue weighted by atomic mass is 10.2. The maximum atomic E-state index is 5.88. The van der Waals surface area contributed by atoms with E-state index in [9.17, 15) is 0 Å². The van der Waals surface area contributed by atoms with E-state index in [0.717, 1.165) is 18.5 Å². The van der Waals surface area contributed by atoms with Crippen molar-refractivity contribution in [2.45, 2.75) is 13.0 Å². The minimum absolute atomic E-state index is 0.513. The topological polar surface area (TPSA) is 55.1 Å². The van der Waals surface area contributed by atoms with E-state index in [1.165, 1.54) is 5.56 Å². The fourth-order valence-corrected chi connectivity index (χ4v) is 2.33. The first kappa shape index (κ1) is 15.6. The van der Waals surface area contributed by atoms with E-state index in [-0.39, 0.29) is 0 Å². The van der Waals surface area contributed by atoms with Gasteiger partial charge in [-0.2, -0.15) is 0 Å². The van der Waals surface area contributed by atoms with E-state index in [1.54, 1.807) is 0 Å². The Balaban J connectivity index is 1.57. The van der Waals surface area contributed by atoms with Crippen LogP contribution in [0.3, 0.4) is 0 Å². The maximum absolute atomic E-state index is 5.88. The Hall–Kier alpha value is -2.24. The Morgan fingerprint density at radius 2 is 1.78 bits per heavy atom. The second-order valence-corrected chi connectivity index (χ2v) is 5.79. The molecule has 2 aromatic heterocycles. The van der Waals surface area contributed by atoms with E-state index in [1.807, 2.05) is 55.8 Å². The summed E-state index contributed by atoms with van der Waals surface area (Å²) < 4.78 is 5.72. The highest BCUT2D eigenvalue weighted by Gasteiger charge is 2.10. The maximum Gasteiger partial charge on any atom is 0.247 e. The molecule has 23 heavy (non-hydrogen) atoms. The Kier molecular flexibility index (Phi) is 5.00. The third-order valence-electron chi connectivity index (χ3n) is 3.49. The van der Waals surface area contributed by atoms with Crippen LogP contribution in [0.5, 0.6) is 0 Å². The first-order valence-electron chi connectivity index (χ1n) is 7.36. The van der Waals surface area contributed by atoms with Gasteiger partial charge in [0, 0.05) is 29.5 Å². The van der Waals surface area contributed by atoms with Gasteiger partial charge in [-0.15, -0.1) is 10.2 Å². The van der Waals surface area contributed by atoms with Crippen LogP contribution in [-0.4, -0.2) is 33.7 Å². The predicted molar refractivity (Wildman–Crippen MR) is 89.0 cm³/mol. The standard InChI is InChI=1S/C17H17ClN4O/c1-22(11-8-13-6-9-19-10-7-13)12-16-20-21-17(23-16)14-2-4-15(18)5-3-14/h2-7,9-10H,8,11-12H2,1H3. The Morgan fingerprint density at radius 3 is 2.52 bits per heavy atom. The van der Waals surface area contributed by atoms with Crippen molar-refractivity contribution in [2.75, 3.05) is 13.6 Å². The fourth-order valence-electron chi connectivity index (χ4n) is 2.21. The normalized spacial score (nSPS) is 11.1. The van der Waals surface area contributed by atoms with Gasteiger partial charge in [-0.25, -0.2) is 0 Å². The average molecular weight is 329 g/mol. The van der Waals surface area contributed by atoms with Crippen LogP contribution < -0.4 is 0 Å². The van der Waals surface area contributed by atoms with Crippen molar-refractivity contribution in [3.63, 3.8) is 0 Å². The highest BCUT2D eigenvalue weighted by molar-refractivity contribution is 6.30. The molecule has 3 rings (SSSR count). The zero-order valence-corrected chi connectivity index (χ0v) is 13.6. The molecule has 1 aromatic carbocycles. The number of likely N-dealkylation sites (N-methyl/N-ethyl adjacent to an activating group) is 1. The number of nitrogens with zero attached hydrogens (tertiary/aromatic N) is 4. The molecule has 5 nitrogen and oxygen atoms in total. The molecule has 0 N–H and O–H groups in total. The summed E-state index contributed by atoms with van der Waals surface area (Å²) in [6.07, 6.45) is 4.58. The summed E-state index contributed by atoms with van der Waals surface area (Å²) in [7, 11) is 2.04. The van der Waals surface area contributed by atoms with Crippen LogP contribution >= 0.6 is 11.6 Å². The lowest BCUT2D eigenvalue weighted by Crippen LogP contribution is -2.20. The molecule has 118 valence electrons. The van der Waals surface area contributed by atoms with Gasteiger partial charge in [0.25, 0.3) is 0 Å². The summed E-state index contributed by atoms with van der Waals surface area (Å²) >= 11 is 5.88. The second-order valence-electron chi connectivity index (χ2n) is 5.35. The minimum Gasteiger partial charge on any atom is -0.419 e. The van der Waals surface area contributed by atoms with Gasteiger partial charge in [-0.05, 0) is 55.4 Å². The van der Waals surface area contributed by atoms with E-state index in [0.29, 0.717) is 23.3 Å². The van der Waals surface area contributed by atoms with Gasteiger partial charge in [0.05, 0.1) is 6.54 Å². The number of halogens is 1. The lowest BCUT2D eigenvalue weighted by molar-refractivity contribution is 0.293. The van der Waals surface area contributed by atoms with Crippen LogP contribution in [0.4, 0.5) is 0 Å². The van der Waals surface area contributed by atoms with E-state index >= 15 is 0 Å². The predicted octanol–water partition coefficient (Wildman–Crippen LogP) is 3.46. The zero-order chi connectivity index (χ0) is 16.1. The average Bonchev–Trinajstić information content (AvgIpc) is 3.03. The molecule has 0 amide bonds. The fraction of sp³-hybridized carbons (Fsp3) is 0.235. The van der Waals surface area contributed by atoms with Crippen molar-refractivity contribution in [1.82, 2.24) is 20.1 Å². The quantitative estimate of drug-likeness (QED) is 0.693. The highest BCUT2D eigenvalue weighted by atomic mass is 35.5. The molecule has 6 heteroatoms. The summed E-state index contributed by atoms with van der Waals surface area (Å²) in [6.45, 7) is 1.52. The third kappa shape index (κ3) is 4.37. The molecule has 0 unspecified atom stereocenters. The molecule has 0 spiro atoms. The molecule has 2 heterocycles. The van der Waals surface area contributed by atoms with E-state index in [2.05, 4.69) is 20.1 Å². The molecular formula is C17H17ClN4O. The number of benzene rings is 1. The number of hydrogen-bond acceptors (Lipinski definition) is 5. The summed E-state index contributed by atoms with van der Waals surface area (Å²) in [4.78, 5) is 6.17. The zero-order valence-electron chi connectivity index (χ0n) is 12.8. The molecule has 0 aliphatic carbocycles. The molecule has 0 atom stereocenters. The van der Waals surface area contributed by atoms with Crippen LogP contribution in [0.2, 0.25) is 5.02 Å². The van der Waals surface area contributed by atoms with Gasteiger partial charge in [0.1, 0.15) is 0 Å². The van der Waals surface area contributed by atoms with Gasteiger partial charge in [-0.1, -0.05) is 11.6 Å². The van der Waals surface area contributed by atoms with Crippen molar-refractivity contribution in [3.05, 3.63) is 65.3 Å². The highest BCUT2D eigenvalue weighted by Crippen LogP contribution is 2.20. The van der Waals surface area contributed by atoms with Gasteiger partial charge in [0.15, 0.2) is 0 Å². The Bertz CT molecular complexity index is 743. The summed E-state index contributed by atoms with van der Waals surface area (Å²) in [5, 5.41) is 8.89. The first-order valence-corrected chi connectivity index (χ1v) is 7.74. The van der Waals surface area contributed by atoms with Crippen molar-refractivity contribution in [1.29, 1.82) is 0 Å². The van der Waals surface area contributed by atoms with E-state index < -0.39 is 0 Å². The summed E-state index contributed by atoms with van der Waals surface area (Å²) in [5.74, 6) is 1.12. The SMILES string of the molecule is CN(CCc1ccncc1)Cc1nnc(-c2ccc(Cl)cc2)o1. The number of pyridine rings is 1. The number of aromatic nitrogens is 3. The number of hydrogen-bond donors (Lipinski definition) is 0. The largest absolute Gasteiger partial charge is 0.419 e. The van der Waals surface area contributed by atoms with Gasteiger partial charge < -0.3 is 4.42 Å². The van der Waals surface area contributed by atoms with Crippen molar-refractivity contribution in [2.24, 2.45) is 0 Å². The van der Waals surface area contributed by atoms with Gasteiger partial charge in [0.2, 0.25) is 11.8 Å². The van der Waals surface area contributed by atoms with Crippen molar-refractivity contribution >= 4 is 11.6 Å². The van der Waals surface area contributed by atoms with Gasteiger partial charge >= 0.3 is 0 Å². The van der Waals surface area contributed by atoms with Crippen LogP contribution in [0.1, 0.15) is 11.5 Å². The minimum atomic E-state index is 0.513. The third-order valence-corrected chi connectivity index (χ3v) is 3.75. The molecule has 0 fully saturated rings. The Morgan fingerprint density at radius 1 is 1.04 bits per heavy atom. The molecule has 3 aromatic rings. The first-order chi connectivity index (χ1) is 11.2. The van der Waals surface area contributed by atoms with Crippen LogP contribution in [0.15, 0.2) is 53.2 Å². The molecule has 0 saturated carbocycles. The van der Waals surface area contributed by atoms with E-state index in [4.69, 9.17) is 16.0 Å². The Labute approximate surface area is 139 Å². The molecular weight excluding hydrogens is 312 g/mol. The monoisotopic (exact) mass is 328 g/mol. The number of rotatable bonds is 6. The van der Waals surface area contributed by atoms with Crippen molar-refractivity contribution in [3.8, 4) is 11.5 Å².